The fourth-order valence-corrected chi connectivity index (χ4v) is 4.08. The number of likely N-dealkylation sites (N-methyl/N-ethyl adjacent to an activating group) is 1. The average molecular weight is 394 g/mol. The van der Waals surface area contributed by atoms with E-state index in [9.17, 15) is 4.79 Å². The van der Waals surface area contributed by atoms with Gasteiger partial charge in [-0.15, -0.1) is 0 Å². The van der Waals surface area contributed by atoms with Crippen LogP contribution in [0.3, 0.4) is 0 Å². The summed E-state index contributed by atoms with van der Waals surface area (Å²) >= 11 is 0. The minimum Gasteiger partial charge on any atom is -0.371 e. The van der Waals surface area contributed by atoms with E-state index in [0.29, 0.717) is 5.69 Å². The zero-order valence-electron chi connectivity index (χ0n) is 17.3. The van der Waals surface area contributed by atoms with E-state index in [1.165, 1.54) is 31.4 Å². The van der Waals surface area contributed by atoms with Crippen molar-refractivity contribution in [2.45, 2.75) is 25.7 Å². The van der Waals surface area contributed by atoms with Gasteiger partial charge in [0, 0.05) is 62.5 Å². The quantitative estimate of drug-likeness (QED) is 0.862. The highest BCUT2D eigenvalue weighted by Gasteiger charge is 2.16. The number of rotatable bonds is 4. The smallest absolute Gasteiger partial charge is 0.274 e. The molecule has 29 heavy (non-hydrogen) atoms. The molecule has 2 aromatic rings. The summed E-state index contributed by atoms with van der Waals surface area (Å²) in [7, 11) is 2.16. The maximum absolute atomic E-state index is 12.7. The van der Waals surface area contributed by atoms with Crippen LogP contribution in [0.5, 0.6) is 0 Å². The lowest BCUT2D eigenvalue weighted by Gasteiger charge is -2.34. The molecule has 2 aliphatic rings. The molecular weight excluding hydrogens is 362 g/mol. The largest absolute Gasteiger partial charge is 0.371 e. The molecule has 1 amide bonds. The van der Waals surface area contributed by atoms with Crippen LogP contribution in [-0.4, -0.2) is 62.1 Å². The van der Waals surface area contributed by atoms with Gasteiger partial charge in [-0.1, -0.05) is 12.8 Å². The van der Waals surface area contributed by atoms with Gasteiger partial charge in [-0.25, -0.2) is 0 Å². The third-order valence-corrected chi connectivity index (χ3v) is 5.94. The first-order valence-corrected chi connectivity index (χ1v) is 10.7. The molecule has 0 saturated carbocycles. The number of amides is 1. The molecule has 6 nitrogen and oxygen atoms in total. The lowest BCUT2D eigenvalue weighted by molar-refractivity contribution is 0.102. The number of nitrogens with zero attached hydrogens (tertiary/aromatic N) is 4. The molecule has 0 radical (unpaired) electrons. The van der Waals surface area contributed by atoms with Crippen molar-refractivity contribution < 1.29 is 4.79 Å². The van der Waals surface area contributed by atoms with Crippen LogP contribution in [0, 0.1) is 0 Å². The van der Waals surface area contributed by atoms with Gasteiger partial charge in [0.25, 0.3) is 5.91 Å². The van der Waals surface area contributed by atoms with E-state index in [1.54, 1.807) is 6.20 Å². The number of hydrogen-bond donors (Lipinski definition) is 1. The van der Waals surface area contributed by atoms with Gasteiger partial charge in [0.2, 0.25) is 0 Å². The topological polar surface area (TPSA) is 51.7 Å². The minimum atomic E-state index is -0.158. The number of pyridine rings is 1. The van der Waals surface area contributed by atoms with Crippen LogP contribution in [0.25, 0.3) is 0 Å². The third kappa shape index (κ3) is 5.07. The molecule has 2 fully saturated rings. The number of carbonyl (C=O) groups is 1. The van der Waals surface area contributed by atoms with Gasteiger partial charge < -0.3 is 20.0 Å². The van der Waals surface area contributed by atoms with Gasteiger partial charge in [-0.2, -0.15) is 0 Å². The first-order chi connectivity index (χ1) is 14.2. The van der Waals surface area contributed by atoms with Crippen molar-refractivity contribution in [1.82, 2.24) is 9.88 Å². The number of nitrogens with one attached hydrogen (secondary N) is 1. The van der Waals surface area contributed by atoms with Crippen molar-refractivity contribution >= 4 is 23.0 Å². The predicted octanol–water partition coefficient (Wildman–Crippen LogP) is 3.47. The van der Waals surface area contributed by atoms with E-state index in [4.69, 9.17) is 0 Å². The first-order valence-electron chi connectivity index (χ1n) is 10.7. The maximum atomic E-state index is 12.7. The summed E-state index contributed by atoms with van der Waals surface area (Å²) in [6, 6.07) is 12.0. The van der Waals surface area contributed by atoms with Crippen molar-refractivity contribution in [1.29, 1.82) is 0 Å². The highest BCUT2D eigenvalue weighted by molar-refractivity contribution is 6.03. The summed E-state index contributed by atoms with van der Waals surface area (Å²) in [6.07, 6.45) is 6.75. The molecule has 154 valence electrons. The van der Waals surface area contributed by atoms with Gasteiger partial charge in [-0.05, 0) is 56.3 Å². The van der Waals surface area contributed by atoms with Gasteiger partial charge in [-0.3, -0.25) is 9.78 Å². The Morgan fingerprint density at radius 2 is 1.48 bits per heavy atom. The summed E-state index contributed by atoms with van der Waals surface area (Å²) in [6.45, 7) is 6.34. The van der Waals surface area contributed by atoms with Crippen LogP contribution >= 0.6 is 0 Å². The molecule has 1 N–H and O–H groups in total. The SMILES string of the molecule is CN1CCN(c2ccc(NC(=O)c3cc(N4CCCCCC4)ccn3)cc2)CC1. The zero-order valence-corrected chi connectivity index (χ0v) is 17.3. The van der Waals surface area contributed by atoms with Crippen LogP contribution in [0.1, 0.15) is 36.2 Å². The molecule has 6 heteroatoms. The van der Waals surface area contributed by atoms with Crippen LogP contribution in [0.2, 0.25) is 0 Å². The molecule has 0 atom stereocenters. The number of hydrogen-bond acceptors (Lipinski definition) is 5. The summed E-state index contributed by atoms with van der Waals surface area (Å²) < 4.78 is 0. The van der Waals surface area contributed by atoms with Gasteiger partial charge in [0.05, 0.1) is 0 Å². The van der Waals surface area contributed by atoms with E-state index < -0.39 is 0 Å². The Labute approximate surface area is 173 Å². The third-order valence-electron chi connectivity index (χ3n) is 5.94. The Balaban J connectivity index is 1.39. The Bertz CT molecular complexity index is 806. The zero-order chi connectivity index (χ0) is 20.1. The van der Waals surface area contributed by atoms with Crippen molar-refractivity contribution in [2.24, 2.45) is 0 Å². The van der Waals surface area contributed by atoms with Crippen LogP contribution in [-0.2, 0) is 0 Å². The molecule has 0 unspecified atom stereocenters. The standard InChI is InChI=1S/C23H31N5O/c1-26-14-16-28(17-15-26)20-8-6-19(7-9-20)25-23(29)22-18-21(10-11-24-22)27-12-4-2-3-5-13-27/h6-11,18H,2-5,12-17H2,1H3,(H,25,29). The van der Waals surface area contributed by atoms with Gasteiger partial charge in [0.15, 0.2) is 0 Å². The Morgan fingerprint density at radius 1 is 0.828 bits per heavy atom. The molecule has 2 saturated heterocycles. The summed E-state index contributed by atoms with van der Waals surface area (Å²) in [5.74, 6) is -0.158. The van der Waals surface area contributed by atoms with Crippen molar-refractivity contribution in [3.8, 4) is 0 Å². The van der Waals surface area contributed by atoms with E-state index in [-0.39, 0.29) is 5.91 Å². The van der Waals surface area contributed by atoms with Crippen molar-refractivity contribution in [3.05, 3.63) is 48.3 Å². The number of piperazine rings is 1. The van der Waals surface area contributed by atoms with Crippen LogP contribution < -0.4 is 15.1 Å². The molecule has 0 aliphatic carbocycles. The Kier molecular flexibility index (Phi) is 6.30. The summed E-state index contributed by atoms with van der Waals surface area (Å²) in [5.41, 5.74) is 3.57. The molecule has 4 rings (SSSR count). The maximum Gasteiger partial charge on any atom is 0.274 e. The number of anilines is 3. The minimum absolute atomic E-state index is 0.158. The van der Waals surface area contributed by atoms with E-state index in [0.717, 1.165) is 50.6 Å². The Morgan fingerprint density at radius 3 is 2.17 bits per heavy atom. The molecule has 0 spiro atoms. The van der Waals surface area contributed by atoms with Crippen LogP contribution in [0.4, 0.5) is 17.1 Å². The molecule has 0 bridgehead atoms. The van der Waals surface area contributed by atoms with Crippen LogP contribution in [0.15, 0.2) is 42.6 Å². The second kappa shape index (κ2) is 9.27. The number of benzene rings is 1. The highest BCUT2D eigenvalue weighted by atomic mass is 16.1. The van der Waals surface area contributed by atoms with Gasteiger partial charge in [0.1, 0.15) is 5.69 Å². The monoisotopic (exact) mass is 393 g/mol. The van der Waals surface area contributed by atoms with Crippen molar-refractivity contribution in [3.63, 3.8) is 0 Å². The molecule has 1 aromatic carbocycles. The fourth-order valence-electron chi connectivity index (χ4n) is 4.08. The predicted molar refractivity (Wildman–Crippen MR) is 119 cm³/mol. The lowest BCUT2D eigenvalue weighted by Crippen LogP contribution is -2.44. The normalized spacial score (nSPS) is 18.4. The second-order valence-corrected chi connectivity index (χ2v) is 8.09. The van der Waals surface area contributed by atoms with Gasteiger partial charge >= 0.3 is 0 Å². The number of carbonyl (C=O) groups excluding carboxylic acids is 1. The summed E-state index contributed by atoms with van der Waals surface area (Å²) in [4.78, 5) is 24.1. The van der Waals surface area contributed by atoms with Crippen molar-refractivity contribution in [2.75, 3.05) is 61.4 Å². The lowest BCUT2D eigenvalue weighted by atomic mass is 10.2. The first kappa shape index (κ1) is 19.7. The molecular formula is C23H31N5O. The average Bonchev–Trinajstić information content (AvgIpc) is 3.05. The van der Waals surface area contributed by atoms with E-state index in [1.807, 2.05) is 24.3 Å². The highest BCUT2D eigenvalue weighted by Crippen LogP contribution is 2.22. The Hall–Kier alpha value is -2.60. The van der Waals surface area contributed by atoms with E-state index in [2.05, 4.69) is 44.2 Å². The molecule has 2 aliphatic heterocycles. The number of aromatic nitrogens is 1. The molecule has 3 heterocycles. The van der Waals surface area contributed by atoms with E-state index >= 15 is 0 Å². The summed E-state index contributed by atoms with van der Waals surface area (Å²) in [5, 5.41) is 2.99. The second-order valence-electron chi connectivity index (χ2n) is 8.09. The molecule has 1 aromatic heterocycles. The fraction of sp³-hybridized carbons (Fsp3) is 0.478.